The lowest BCUT2D eigenvalue weighted by Crippen LogP contribution is -2.22. The fourth-order valence-electron chi connectivity index (χ4n) is 2.29. The molecule has 1 N–H and O–H groups in total. The van der Waals surface area contributed by atoms with Gasteiger partial charge in [0.2, 0.25) is 17.2 Å². The van der Waals surface area contributed by atoms with Crippen LogP contribution in [0.3, 0.4) is 0 Å². The first-order valence-corrected chi connectivity index (χ1v) is 8.16. The molecule has 1 unspecified atom stereocenters. The number of rotatable bonds is 4. The summed E-state index contributed by atoms with van der Waals surface area (Å²) in [4.78, 5) is 20.5. The second-order valence-electron chi connectivity index (χ2n) is 5.10. The van der Waals surface area contributed by atoms with Crippen molar-refractivity contribution in [3.05, 3.63) is 21.4 Å². The van der Waals surface area contributed by atoms with Crippen LogP contribution in [0.1, 0.15) is 35.7 Å². The van der Waals surface area contributed by atoms with Gasteiger partial charge >= 0.3 is 0 Å². The summed E-state index contributed by atoms with van der Waals surface area (Å²) in [5.41, 5.74) is 0. The zero-order valence-corrected chi connectivity index (χ0v) is 13.6. The maximum atomic E-state index is 6.02. The van der Waals surface area contributed by atoms with E-state index in [4.69, 9.17) is 11.6 Å². The summed E-state index contributed by atoms with van der Waals surface area (Å²) >= 11 is 7.68. The topological polar surface area (TPSA) is 66.8 Å². The second kappa shape index (κ2) is 6.11. The molecule has 0 saturated carbocycles. The van der Waals surface area contributed by atoms with Crippen LogP contribution >= 0.6 is 22.9 Å². The lowest BCUT2D eigenvalue weighted by Gasteiger charge is -2.17. The third kappa shape index (κ3) is 3.41. The monoisotopic (exact) mass is 324 g/mol. The van der Waals surface area contributed by atoms with E-state index in [1.165, 1.54) is 17.7 Å². The molecule has 0 aromatic carbocycles. The molecule has 0 bridgehead atoms. The molecule has 1 aliphatic heterocycles. The van der Waals surface area contributed by atoms with Crippen molar-refractivity contribution < 1.29 is 0 Å². The van der Waals surface area contributed by atoms with Crippen LogP contribution in [0.5, 0.6) is 0 Å². The van der Waals surface area contributed by atoms with Gasteiger partial charge in [0.05, 0.1) is 6.04 Å². The third-order valence-electron chi connectivity index (χ3n) is 3.34. The molecule has 0 aliphatic carbocycles. The Morgan fingerprint density at radius 1 is 1.29 bits per heavy atom. The van der Waals surface area contributed by atoms with Crippen LogP contribution in [0.25, 0.3) is 0 Å². The number of thiazole rings is 1. The maximum Gasteiger partial charge on any atom is 0.231 e. The Morgan fingerprint density at radius 2 is 2.05 bits per heavy atom. The van der Waals surface area contributed by atoms with E-state index in [1.807, 2.05) is 20.0 Å². The zero-order valence-electron chi connectivity index (χ0n) is 12.0. The average molecular weight is 325 g/mol. The lowest BCUT2D eigenvalue weighted by molar-refractivity contribution is 0.827. The fourth-order valence-corrected chi connectivity index (χ4v) is 3.22. The van der Waals surface area contributed by atoms with Gasteiger partial charge in [0.15, 0.2) is 0 Å². The van der Waals surface area contributed by atoms with Crippen LogP contribution < -0.4 is 10.2 Å². The fraction of sp³-hybridized carbons (Fsp3) is 0.538. The van der Waals surface area contributed by atoms with Crippen LogP contribution in [0, 0.1) is 6.92 Å². The van der Waals surface area contributed by atoms with Crippen LogP contribution in [-0.4, -0.2) is 33.0 Å². The molecule has 1 fully saturated rings. The summed E-state index contributed by atoms with van der Waals surface area (Å²) in [5.74, 6) is 1.15. The van der Waals surface area contributed by atoms with E-state index < -0.39 is 0 Å². The summed E-state index contributed by atoms with van der Waals surface area (Å²) in [6, 6.07) is 0.0357. The van der Waals surface area contributed by atoms with Crippen molar-refractivity contribution in [2.75, 3.05) is 23.3 Å². The minimum absolute atomic E-state index is 0.0357. The molecule has 6 nitrogen and oxygen atoms in total. The first-order valence-electron chi connectivity index (χ1n) is 6.97. The van der Waals surface area contributed by atoms with Gasteiger partial charge in [-0.1, -0.05) is 0 Å². The first-order chi connectivity index (χ1) is 10.1. The lowest BCUT2D eigenvalue weighted by atomic mass is 10.4. The zero-order chi connectivity index (χ0) is 14.8. The van der Waals surface area contributed by atoms with Gasteiger partial charge in [0.1, 0.15) is 5.01 Å². The number of aromatic nitrogens is 4. The average Bonchev–Trinajstić information content (AvgIpc) is 3.08. The highest BCUT2D eigenvalue weighted by Crippen LogP contribution is 2.24. The smallest absolute Gasteiger partial charge is 0.231 e. The molecule has 1 saturated heterocycles. The Labute approximate surface area is 132 Å². The first kappa shape index (κ1) is 14.5. The molecule has 1 atom stereocenters. The van der Waals surface area contributed by atoms with Crippen molar-refractivity contribution in [3.8, 4) is 0 Å². The number of anilines is 2. The summed E-state index contributed by atoms with van der Waals surface area (Å²) in [7, 11) is 0. The number of hydrogen-bond donors (Lipinski definition) is 1. The standard InChI is InChI=1S/C13H17ClN6S/c1-8-7-15-10(21-8)9(2)16-12-17-11(14)18-13(19-12)20-5-3-4-6-20/h7,9H,3-6H2,1-2H3,(H,16,17,18,19). The molecule has 8 heteroatoms. The van der Waals surface area contributed by atoms with Gasteiger partial charge in [-0.3, -0.25) is 0 Å². The van der Waals surface area contributed by atoms with E-state index in [-0.39, 0.29) is 11.3 Å². The van der Waals surface area contributed by atoms with E-state index >= 15 is 0 Å². The van der Waals surface area contributed by atoms with Gasteiger partial charge in [-0.05, 0) is 38.3 Å². The van der Waals surface area contributed by atoms with Gasteiger partial charge < -0.3 is 10.2 Å². The van der Waals surface area contributed by atoms with Crippen molar-refractivity contribution in [1.29, 1.82) is 0 Å². The normalized spacial score (nSPS) is 16.2. The van der Waals surface area contributed by atoms with Crippen LogP contribution in [-0.2, 0) is 0 Å². The number of hydrogen-bond acceptors (Lipinski definition) is 7. The highest BCUT2D eigenvalue weighted by Gasteiger charge is 2.18. The van der Waals surface area contributed by atoms with Crippen molar-refractivity contribution in [3.63, 3.8) is 0 Å². The Balaban J connectivity index is 1.78. The van der Waals surface area contributed by atoms with E-state index in [0.717, 1.165) is 18.1 Å². The highest BCUT2D eigenvalue weighted by molar-refractivity contribution is 7.11. The Hall–Kier alpha value is -1.47. The third-order valence-corrected chi connectivity index (χ3v) is 4.60. The highest BCUT2D eigenvalue weighted by atomic mass is 35.5. The summed E-state index contributed by atoms with van der Waals surface area (Å²) in [5, 5.41) is 4.48. The molecule has 0 spiro atoms. The number of halogens is 1. The number of nitrogens with one attached hydrogen (secondary N) is 1. The summed E-state index contributed by atoms with van der Waals surface area (Å²) in [6.45, 7) is 6.02. The molecular formula is C13H17ClN6S. The number of aryl methyl sites for hydroxylation is 1. The Bertz CT molecular complexity index is 625. The van der Waals surface area contributed by atoms with E-state index in [9.17, 15) is 0 Å². The van der Waals surface area contributed by atoms with E-state index in [0.29, 0.717) is 11.9 Å². The minimum Gasteiger partial charge on any atom is -0.345 e. The Kier molecular flexibility index (Phi) is 4.21. The van der Waals surface area contributed by atoms with Gasteiger partial charge in [0.25, 0.3) is 0 Å². The summed E-state index contributed by atoms with van der Waals surface area (Å²) in [6.07, 6.45) is 4.20. The quantitative estimate of drug-likeness (QED) is 0.932. The molecule has 2 aromatic rings. The molecule has 2 aromatic heterocycles. The maximum absolute atomic E-state index is 6.02. The van der Waals surface area contributed by atoms with Gasteiger partial charge in [-0.2, -0.15) is 15.0 Å². The van der Waals surface area contributed by atoms with E-state index in [2.05, 4.69) is 30.2 Å². The molecular weight excluding hydrogens is 308 g/mol. The molecule has 3 heterocycles. The van der Waals surface area contributed by atoms with Gasteiger partial charge in [-0.15, -0.1) is 11.3 Å². The van der Waals surface area contributed by atoms with Crippen molar-refractivity contribution in [1.82, 2.24) is 19.9 Å². The Morgan fingerprint density at radius 3 is 2.71 bits per heavy atom. The molecule has 21 heavy (non-hydrogen) atoms. The largest absolute Gasteiger partial charge is 0.345 e. The van der Waals surface area contributed by atoms with Crippen LogP contribution in [0.2, 0.25) is 5.28 Å². The molecule has 0 radical (unpaired) electrons. The van der Waals surface area contributed by atoms with Gasteiger partial charge in [0, 0.05) is 24.2 Å². The van der Waals surface area contributed by atoms with Gasteiger partial charge in [-0.25, -0.2) is 4.98 Å². The molecule has 1 aliphatic rings. The molecule has 0 amide bonds. The number of nitrogens with zero attached hydrogens (tertiary/aromatic N) is 5. The SMILES string of the molecule is Cc1cnc(C(C)Nc2nc(Cl)nc(N3CCCC3)n2)s1. The van der Waals surface area contributed by atoms with Crippen LogP contribution in [0.15, 0.2) is 6.20 Å². The van der Waals surface area contributed by atoms with Crippen LogP contribution in [0.4, 0.5) is 11.9 Å². The molecule has 3 rings (SSSR count). The summed E-state index contributed by atoms with van der Waals surface area (Å²) < 4.78 is 0. The van der Waals surface area contributed by atoms with Crippen molar-refractivity contribution in [2.24, 2.45) is 0 Å². The molecule has 112 valence electrons. The predicted molar refractivity (Wildman–Crippen MR) is 85.2 cm³/mol. The minimum atomic E-state index is 0.0357. The van der Waals surface area contributed by atoms with E-state index in [1.54, 1.807) is 11.3 Å². The predicted octanol–water partition coefficient (Wildman–Crippen LogP) is 3.06. The van der Waals surface area contributed by atoms with Crippen molar-refractivity contribution >= 4 is 34.8 Å². The van der Waals surface area contributed by atoms with Crippen molar-refractivity contribution in [2.45, 2.75) is 32.7 Å². The second-order valence-corrected chi connectivity index (χ2v) is 6.70.